The number of H-pyrrole nitrogens is 3. The van der Waals surface area contributed by atoms with Gasteiger partial charge in [0.05, 0.1) is 89.1 Å². The van der Waals surface area contributed by atoms with E-state index < -0.39 is 179 Å². The minimum absolute atomic E-state index is 0.0152. The summed E-state index contributed by atoms with van der Waals surface area (Å²) in [4.78, 5) is 125. The number of nitrogens with zero attached hydrogens (tertiary/aromatic N) is 9. The highest BCUT2D eigenvalue weighted by atomic mass is 79.9. The van der Waals surface area contributed by atoms with Crippen LogP contribution in [0.5, 0.6) is 0 Å². The number of aromatic amines is 3. The van der Waals surface area contributed by atoms with Crippen LogP contribution in [-0.2, 0) is 104 Å². The fourth-order valence-electron chi connectivity index (χ4n) is 12.7. The average Bonchev–Trinajstić information content (AvgIpc) is 1.61. The van der Waals surface area contributed by atoms with Gasteiger partial charge in [0, 0.05) is 69.0 Å². The molecule has 11 rings (SSSR count). The molecule has 53 heteroatoms. The Morgan fingerprint density at radius 1 is 0.607 bits per heavy atom. The van der Waals surface area contributed by atoms with Crippen LogP contribution < -0.4 is 62.0 Å². The average molecular weight is 1800 g/mol. The highest BCUT2D eigenvalue weighted by molar-refractivity contribution is 9.10. The first-order valence-electron chi connectivity index (χ1n) is 34.7. The number of nitrogen functional groups attached to an aromatic ring is 3. The van der Waals surface area contributed by atoms with E-state index in [1.165, 1.54) is 53.1 Å². The molecule has 5 fully saturated rings. The maximum Gasteiger partial charge on any atom is 0.386 e. The van der Waals surface area contributed by atoms with Crippen molar-refractivity contribution in [2.24, 2.45) is 11.8 Å². The van der Waals surface area contributed by atoms with Crippen molar-refractivity contribution < 1.29 is 97.5 Å². The number of fused-ring (bicyclic) bond motifs is 1. The third-order valence-electron chi connectivity index (χ3n) is 18.2. The fourth-order valence-corrected chi connectivity index (χ4v) is 19.7. The summed E-state index contributed by atoms with van der Waals surface area (Å²) < 4.78 is 147. The molecule has 11 heterocycles. The number of aromatic nitrogens is 12. The highest BCUT2D eigenvalue weighted by Gasteiger charge is 2.50. The van der Waals surface area contributed by atoms with E-state index in [0.29, 0.717) is 19.4 Å². The van der Waals surface area contributed by atoms with E-state index in [-0.39, 0.29) is 122 Å². The second-order valence-corrected chi connectivity index (χ2v) is 38.7. The second-order valence-electron chi connectivity index (χ2n) is 26.3. The van der Waals surface area contributed by atoms with Gasteiger partial charge >= 0.3 is 49.9 Å². The summed E-state index contributed by atoms with van der Waals surface area (Å²) in [6, 6.07) is 2.76. The third-order valence-corrected chi connectivity index (χ3v) is 26.1. The Kier molecular flexibility index (Phi) is 29.5. The van der Waals surface area contributed by atoms with Crippen molar-refractivity contribution in [1.82, 2.24) is 63.0 Å². The monoisotopic (exact) mass is 1790 g/mol. The van der Waals surface area contributed by atoms with Gasteiger partial charge in [-0.2, -0.15) is 15.0 Å². The van der Waals surface area contributed by atoms with E-state index in [9.17, 15) is 57.2 Å². The van der Waals surface area contributed by atoms with Crippen LogP contribution in [0.2, 0.25) is 0 Å². The Labute approximate surface area is 663 Å². The van der Waals surface area contributed by atoms with Crippen molar-refractivity contribution in [3.63, 3.8) is 0 Å². The Hall–Kier alpha value is -5.47. The number of aryl methyl sites for hydroxylation is 1. The molecule has 0 aromatic carbocycles. The standard InChI is InChI=1S/C59H83BrN16O28P4S4/c1-5-44(78)64-8-11-89-12-13-90-14-15-91-108(112,95-24-38-31(29(2)3)16-45(97-38)72-9-6-42(61)66-56(72)82)104-36-20-47(74-21-30(4)52(79)70-58(74)84)99-41(36)27-94-107(88,111)103-35-19-49(76-28-65-50-51(76)68-55(63)69-54(50)81)100-40(35)26-93-106(87,110)102-34-18-46(73-10-7-43(62)67-57(73)83)98-39(34)25-92-105(86,109)101-33-17-48(96-37(33)23-77)75-22-32(60)53(80)71-59(75)85/h6-7,9-10,21-22,28-29,31,33-41,45-49,77H,5,8,11-20,23-27H2,1-4H3,(H,64,78)(H,86,109)(H,87,110)(H,88,111)(H2,61,66,82)(H2,62,67,83)(H,70,79,84)(H,71,80,85)(H3,63,68,69,81)/t31?,33?,34?,35?,36?,37-,38-,39-,40-,41-,45-,46-,47-,48-,49-,105?,106?,107?,108?/m1/s1. The van der Waals surface area contributed by atoms with Crippen LogP contribution in [-0.4, -0.2) is 196 Å². The maximum atomic E-state index is 15.0. The van der Waals surface area contributed by atoms with Crippen molar-refractivity contribution in [3.05, 3.63) is 126 Å². The van der Waals surface area contributed by atoms with Gasteiger partial charge < -0.3 is 74.4 Å². The zero-order valence-corrected chi connectivity index (χ0v) is 68.6. The molecule has 0 saturated carbocycles. The molecule has 6 aromatic heterocycles. The number of nitrogens with one attached hydrogen (secondary N) is 4. The number of ether oxygens (including phenoxy) is 7. The van der Waals surface area contributed by atoms with Crippen LogP contribution in [0.3, 0.4) is 0 Å². The smallest absolute Gasteiger partial charge is 0.386 e. The van der Waals surface area contributed by atoms with Crippen LogP contribution in [0, 0.1) is 18.8 Å². The van der Waals surface area contributed by atoms with E-state index in [2.05, 4.69) is 92.9 Å². The molecular weight excluding hydrogens is 1710 g/mol. The largest absolute Gasteiger partial charge is 0.394 e. The SMILES string of the molecule is CCC(=O)NCCOCCOCCOP(=S)(OC[C@H]1O[C@@H](n2ccc(N)nc2=O)CC1C(C)C)OC1C[C@H](n2cc(C)c(=O)[nH]c2=O)O[C@@H]1COP(=O)(S)OC1C[C@H](n2cnc3c(=O)[nH]c(N)nc32)O[C@@H]1COP(=O)(S)OC1C[C@H](n2ccc(N)nc2=O)O[C@@H]1COP(=O)(S)OC1C[C@H](n2cc(Br)c(=O)[nH]c2=O)O[C@@H]1CO. The zero-order valence-electron chi connectivity index (χ0n) is 59.9. The number of hydrogen-bond acceptors (Lipinski definition) is 36. The molecular formula is C59H83BrN16O28P4S4. The molecule has 11 N–H and O–H groups in total. The molecule has 0 radical (unpaired) electrons. The number of aliphatic hydroxyl groups excluding tert-OH is 1. The van der Waals surface area contributed by atoms with Crippen LogP contribution in [0.1, 0.15) is 96.0 Å². The molecule has 5 aliphatic heterocycles. The van der Waals surface area contributed by atoms with Crippen LogP contribution in [0.15, 0.2) is 81.3 Å². The lowest BCUT2D eigenvalue weighted by Crippen LogP contribution is -2.33. The van der Waals surface area contributed by atoms with Crippen LogP contribution in [0.4, 0.5) is 17.6 Å². The molecule has 5 saturated heterocycles. The predicted octanol–water partition coefficient (Wildman–Crippen LogP) is 2.77. The lowest BCUT2D eigenvalue weighted by molar-refractivity contribution is -0.121. The summed E-state index contributed by atoms with van der Waals surface area (Å²) in [5.41, 5.74) is 12.1. The Bertz CT molecular complexity index is 5000. The van der Waals surface area contributed by atoms with Gasteiger partial charge in [-0.15, -0.1) is 0 Å². The molecule has 5 aliphatic rings. The third kappa shape index (κ3) is 22.4. The van der Waals surface area contributed by atoms with Crippen molar-refractivity contribution in [2.45, 2.75) is 152 Å². The van der Waals surface area contributed by atoms with E-state index in [4.69, 9.17) is 103 Å². The van der Waals surface area contributed by atoms with Crippen molar-refractivity contribution in [1.29, 1.82) is 0 Å². The molecule has 112 heavy (non-hydrogen) atoms. The molecule has 9 unspecified atom stereocenters. The molecule has 0 spiro atoms. The summed E-state index contributed by atoms with van der Waals surface area (Å²) in [6.07, 6.45) is -11.2. The van der Waals surface area contributed by atoms with Gasteiger partial charge in [0.15, 0.2) is 11.2 Å². The lowest BCUT2D eigenvalue weighted by atomic mass is 9.89. The van der Waals surface area contributed by atoms with Gasteiger partial charge in [-0.25, -0.2) is 37.9 Å². The maximum absolute atomic E-state index is 15.0. The minimum atomic E-state index is -4.78. The Morgan fingerprint density at radius 2 is 1.06 bits per heavy atom. The Balaban J connectivity index is 0.812. The van der Waals surface area contributed by atoms with E-state index in [0.717, 1.165) is 19.9 Å². The van der Waals surface area contributed by atoms with Crippen molar-refractivity contribution in [2.75, 3.05) is 89.8 Å². The van der Waals surface area contributed by atoms with Crippen LogP contribution in [0.25, 0.3) is 11.2 Å². The van der Waals surface area contributed by atoms with Crippen molar-refractivity contribution in [3.8, 4) is 0 Å². The normalized spacial score (nSPS) is 27.5. The first kappa shape index (κ1) is 87.4. The van der Waals surface area contributed by atoms with Gasteiger partial charge in [-0.1, -0.05) is 57.5 Å². The molecule has 1 amide bonds. The number of nitrogens with two attached hydrogens (primary N) is 3. The summed E-state index contributed by atoms with van der Waals surface area (Å²) in [7, 11) is 0. The van der Waals surface area contributed by atoms with Gasteiger partial charge in [-0.05, 0) is 65.0 Å². The summed E-state index contributed by atoms with van der Waals surface area (Å²) in [5, 5.41) is 12.9. The molecule has 6 aromatic rings. The number of aliphatic hydroxyl groups is 1. The van der Waals surface area contributed by atoms with Gasteiger partial charge in [0.25, 0.3) is 16.7 Å². The summed E-state index contributed by atoms with van der Waals surface area (Å²) in [6.45, 7) is -13.7. The number of amides is 1. The number of anilines is 3. The molecule has 618 valence electrons. The minimum Gasteiger partial charge on any atom is -0.394 e. The fraction of sp³-hybridized carbons (Fsp3) is 0.627. The first-order valence-corrected chi connectivity index (χ1v) is 46.1. The Morgan fingerprint density at radius 3 is 1.59 bits per heavy atom. The zero-order chi connectivity index (χ0) is 80.7. The second kappa shape index (κ2) is 37.9. The molecule has 44 nitrogen and oxygen atoms in total. The number of carbonyl (C=O) groups is 1. The summed E-state index contributed by atoms with van der Waals surface area (Å²) in [5.74, 6) is -0.806. The lowest BCUT2D eigenvalue weighted by Gasteiger charge is -2.30. The van der Waals surface area contributed by atoms with Gasteiger partial charge in [0.2, 0.25) is 11.9 Å². The number of halogens is 1. The quantitative estimate of drug-likeness (QED) is 0.0151. The molecule has 0 bridgehead atoms. The first-order chi connectivity index (χ1) is 53.1. The van der Waals surface area contributed by atoms with E-state index in [1.54, 1.807) is 6.92 Å². The topological polar surface area (TPSA) is 569 Å². The van der Waals surface area contributed by atoms with E-state index in [1.807, 2.05) is 13.8 Å². The van der Waals surface area contributed by atoms with Crippen LogP contribution >= 0.6 is 79.8 Å². The molecule has 19 atom stereocenters. The molecule has 0 aliphatic carbocycles. The summed E-state index contributed by atoms with van der Waals surface area (Å²) >= 11 is 22.1. The van der Waals surface area contributed by atoms with Gasteiger partial charge in [-0.3, -0.25) is 84.1 Å². The predicted molar refractivity (Wildman–Crippen MR) is 410 cm³/mol. The number of imidazole rings is 1. The number of carbonyl (C=O) groups excluding carboxylic acids is 1. The van der Waals surface area contributed by atoms with E-state index >= 15 is 0 Å². The highest BCUT2D eigenvalue weighted by Crippen LogP contribution is 2.61. The number of thiol groups is 3. The van der Waals surface area contributed by atoms with Crippen molar-refractivity contribution >= 4 is 126 Å². The van der Waals surface area contributed by atoms with Gasteiger partial charge in [0.1, 0.15) is 85.5 Å². The number of rotatable bonds is 38. The number of hydrogen-bond donors (Lipinski definition) is 11.